The van der Waals surface area contributed by atoms with Crippen molar-refractivity contribution in [1.82, 2.24) is 0 Å². The van der Waals surface area contributed by atoms with Crippen molar-refractivity contribution in [3.8, 4) is 0 Å². The van der Waals surface area contributed by atoms with Crippen LogP contribution in [-0.4, -0.2) is 14.9 Å². The summed E-state index contributed by atoms with van der Waals surface area (Å²) in [5.41, 5.74) is 0.724. The summed E-state index contributed by atoms with van der Waals surface area (Å²) in [5, 5.41) is 0. The van der Waals surface area contributed by atoms with Crippen molar-refractivity contribution in [2.45, 2.75) is 83.8 Å². The number of rotatable bonds is 12. The van der Waals surface area contributed by atoms with E-state index in [2.05, 4.69) is 33.5 Å². The number of hydrogen-bond acceptors (Lipinski definition) is 1. The molecular weight excluding hydrogens is 236 g/mol. The Bertz CT molecular complexity index is 199. The molecule has 0 aliphatic heterocycles. The molecule has 0 saturated heterocycles. The molecule has 1 nitrogen and oxygen atoms in total. The standard InChI is InChI=1S/C16H34OSi/c1-6-7-8-9-10-11-12-13-14-15-17-18(4,5)16(2)3/h6,16H,1,7-15H2,2-5H3. The maximum absolute atomic E-state index is 6.08. The van der Waals surface area contributed by atoms with Gasteiger partial charge in [-0.05, 0) is 37.9 Å². The normalized spacial score (nSPS) is 12.1. The molecule has 0 amide bonds. The zero-order valence-corrected chi connectivity index (χ0v) is 14.1. The van der Waals surface area contributed by atoms with Crippen LogP contribution < -0.4 is 0 Å². The Kier molecular flexibility index (Phi) is 10.8. The molecule has 0 saturated carbocycles. The quantitative estimate of drug-likeness (QED) is 0.243. The van der Waals surface area contributed by atoms with E-state index in [-0.39, 0.29) is 0 Å². The van der Waals surface area contributed by atoms with Crippen molar-refractivity contribution in [2.75, 3.05) is 6.61 Å². The predicted octanol–water partition coefficient (Wildman–Crippen LogP) is 5.92. The molecule has 0 unspecified atom stereocenters. The van der Waals surface area contributed by atoms with E-state index in [0.29, 0.717) is 0 Å². The molecule has 18 heavy (non-hydrogen) atoms. The van der Waals surface area contributed by atoms with Crippen molar-refractivity contribution < 1.29 is 4.43 Å². The van der Waals surface area contributed by atoms with E-state index in [4.69, 9.17) is 4.43 Å². The summed E-state index contributed by atoms with van der Waals surface area (Å²) < 4.78 is 6.08. The molecule has 0 fully saturated rings. The Hall–Kier alpha value is -0.0831. The summed E-state index contributed by atoms with van der Waals surface area (Å²) in [5.74, 6) is 0. The van der Waals surface area contributed by atoms with Crippen LogP contribution in [0, 0.1) is 0 Å². The zero-order chi connectivity index (χ0) is 13.9. The van der Waals surface area contributed by atoms with Gasteiger partial charge in [-0.25, -0.2) is 0 Å². The highest BCUT2D eigenvalue weighted by molar-refractivity contribution is 6.72. The smallest absolute Gasteiger partial charge is 0.189 e. The van der Waals surface area contributed by atoms with E-state index in [1.807, 2.05) is 6.08 Å². The number of unbranched alkanes of at least 4 members (excludes halogenated alkanes) is 7. The minimum atomic E-state index is -1.38. The van der Waals surface area contributed by atoms with Crippen molar-refractivity contribution in [3.05, 3.63) is 12.7 Å². The molecule has 0 N–H and O–H groups in total. The summed E-state index contributed by atoms with van der Waals surface area (Å²) in [7, 11) is -1.38. The fourth-order valence-electron chi connectivity index (χ4n) is 1.78. The van der Waals surface area contributed by atoms with Crippen molar-refractivity contribution in [1.29, 1.82) is 0 Å². The van der Waals surface area contributed by atoms with E-state index >= 15 is 0 Å². The van der Waals surface area contributed by atoms with Gasteiger partial charge in [-0.15, -0.1) is 6.58 Å². The zero-order valence-electron chi connectivity index (χ0n) is 13.1. The molecule has 0 aromatic heterocycles. The second-order valence-electron chi connectivity index (χ2n) is 6.16. The maximum Gasteiger partial charge on any atom is 0.189 e. The Morgan fingerprint density at radius 2 is 1.44 bits per heavy atom. The summed E-state index contributed by atoms with van der Waals surface area (Å²) >= 11 is 0. The first-order valence-electron chi connectivity index (χ1n) is 7.75. The minimum absolute atomic E-state index is 0.724. The van der Waals surface area contributed by atoms with Gasteiger partial charge in [0.2, 0.25) is 0 Å². The van der Waals surface area contributed by atoms with Gasteiger partial charge in [0.15, 0.2) is 8.32 Å². The van der Waals surface area contributed by atoms with Gasteiger partial charge in [0.05, 0.1) is 0 Å². The molecule has 0 aromatic rings. The summed E-state index contributed by atoms with van der Waals surface area (Å²) in [6.45, 7) is 14.0. The highest BCUT2D eigenvalue weighted by Crippen LogP contribution is 2.21. The summed E-state index contributed by atoms with van der Waals surface area (Å²) in [6.07, 6.45) is 12.6. The molecule has 0 radical (unpaired) electrons. The molecular formula is C16H34OSi. The van der Waals surface area contributed by atoms with Crippen LogP contribution in [0.4, 0.5) is 0 Å². The first kappa shape index (κ1) is 17.9. The third kappa shape index (κ3) is 9.90. The van der Waals surface area contributed by atoms with Gasteiger partial charge >= 0.3 is 0 Å². The van der Waals surface area contributed by atoms with Gasteiger partial charge in [-0.1, -0.05) is 52.0 Å². The molecule has 0 rings (SSSR count). The number of allylic oxidation sites excluding steroid dienone is 1. The first-order valence-corrected chi connectivity index (χ1v) is 10.7. The van der Waals surface area contributed by atoms with E-state index in [9.17, 15) is 0 Å². The third-order valence-corrected chi connectivity index (χ3v) is 7.65. The lowest BCUT2D eigenvalue weighted by Gasteiger charge is -2.26. The Morgan fingerprint density at radius 3 is 1.94 bits per heavy atom. The largest absolute Gasteiger partial charge is 0.417 e. The van der Waals surface area contributed by atoms with Crippen LogP contribution >= 0.6 is 0 Å². The Balaban J connectivity index is 3.24. The molecule has 2 heteroatoms. The molecule has 0 atom stereocenters. The van der Waals surface area contributed by atoms with Gasteiger partial charge in [-0.3, -0.25) is 0 Å². The van der Waals surface area contributed by atoms with Crippen LogP contribution in [0.15, 0.2) is 12.7 Å². The molecule has 0 aromatic carbocycles. The van der Waals surface area contributed by atoms with Gasteiger partial charge < -0.3 is 4.43 Å². The lowest BCUT2D eigenvalue weighted by atomic mass is 10.1. The molecule has 108 valence electrons. The Morgan fingerprint density at radius 1 is 0.944 bits per heavy atom. The average Bonchev–Trinajstić information content (AvgIpc) is 2.31. The van der Waals surface area contributed by atoms with E-state index in [1.165, 1.54) is 51.4 Å². The molecule has 0 spiro atoms. The summed E-state index contributed by atoms with van der Waals surface area (Å²) in [4.78, 5) is 0. The first-order chi connectivity index (χ1) is 8.50. The van der Waals surface area contributed by atoms with Crippen molar-refractivity contribution in [2.24, 2.45) is 0 Å². The second-order valence-corrected chi connectivity index (χ2v) is 10.8. The monoisotopic (exact) mass is 270 g/mol. The Labute approximate surface area is 116 Å². The number of hydrogen-bond donors (Lipinski definition) is 0. The van der Waals surface area contributed by atoms with Gasteiger partial charge in [0.1, 0.15) is 0 Å². The molecule has 0 aliphatic rings. The lowest BCUT2D eigenvalue weighted by Crippen LogP contribution is -2.34. The third-order valence-electron chi connectivity index (χ3n) is 3.92. The lowest BCUT2D eigenvalue weighted by molar-refractivity contribution is 0.289. The van der Waals surface area contributed by atoms with Crippen LogP contribution in [0.5, 0.6) is 0 Å². The average molecular weight is 271 g/mol. The fraction of sp³-hybridized carbons (Fsp3) is 0.875. The highest BCUT2D eigenvalue weighted by atomic mass is 28.4. The van der Waals surface area contributed by atoms with E-state index < -0.39 is 8.32 Å². The highest BCUT2D eigenvalue weighted by Gasteiger charge is 2.26. The van der Waals surface area contributed by atoms with E-state index in [0.717, 1.165) is 12.1 Å². The van der Waals surface area contributed by atoms with Crippen molar-refractivity contribution >= 4 is 8.32 Å². The fourth-order valence-corrected chi connectivity index (χ4v) is 2.78. The molecule has 0 heterocycles. The van der Waals surface area contributed by atoms with Crippen LogP contribution in [-0.2, 0) is 4.43 Å². The summed E-state index contributed by atoms with van der Waals surface area (Å²) in [6, 6.07) is 0. The topological polar surface area (TPSA) is 9.23 Å². The minimum Gasteiger partial charge on any atom is -0.417 e. The van der Waals surface area contributed by atoms with Crippen LogP contribution in [0.1, 0.15) is 65.2 Å². The molecule has 0 aliphatic carbocycles. The van der Waals surface area contributed by atoms with Crippen LogP contribution in [0.3, 0.4) is 0 Å². The van der Waals surface area contributed by atoms with Crippen LogP contribution in [0.25, 0.3) is 0 Å². The maximum atomic E-state index is 6.08. The predicted molar refractivity (Wildman–Crippen MR) is 85.7 cm³/mol. The second kappa shape index (κ2) is 10.8. The SMILES string of the molecule is C=CCCCCCCCCCO[Si](C)(C)C(C)C. The van der Waals surface area contributed by atoms with Gasteiger partial charge in [0, 0.05) is 6.61 Å². The van der Waals surface area contributed by atoms with Gasteiger partial charge in [0.25, 0.3) is 0 Å². The van der Waals surface area contributed by atoms with Gasteiger partial charge in [-0.2, -0.15) is 0 Å². The molecule has 0 bridgehead atoms. The van der Waals surface area contributed by atoms with Crippen molar-refractivity contribution in [3.63, 3.8) is 0 Å². The van der Waals surface area contributed by atoms with Crippen LogP contribution in [0.2, 0.25) is 18.6 Å². The van der Waals surface area contributed by atoms with E-state index in [1.54, 1.807) is 0 Å².